The molecule has 2 aliphatic heterocycles. The number of hydrogen-bond donors (Lipinski definition) is 1. The van der Waals surface area contributed by atoms with Gasteiger partial charge in [-0.05, 0) is 63.7 Å². The summed E-state index contributed by atoms with van der Waals surface area (Å²) in [5, 5.41) is 5.02. The Morgan fingerprint density at radius 2 is 1.71 bits per heavy atom. The maximum atomic E-state index is 13.3. The summed E-state index contributed by atoms with van der Waals surface area (Å²) in [5.41, 5.74) is 0. The molecule has 7 atom stereocenters. The zero-order valence-electron chi connectivity index (χ0n) is 18.7. The topological polar surface area (TPSA) is 110 Å². The van der Waals surface area contributed by atoms with Crippen LogP contribution in [-0.4, -0.2) is 72.7 Å². The van der Waals surface area contributed by atoms with Gasteiger partial charge in [0.05, 0.1) is 17.3 Å². The largest absolute Gasteiger partial charge is 0.368 e. The number of piperazine rings is 1. The Morgan fingerprint density at radius 3 is 2.35 bits per heavy atom. The minimum atomic E-state index is -3.52. The molecule has 0 aromatic carbocycles. The van der Waals surface area contributed by atoms with Crippen LogP contribution in [0.25, 0.3) is 0 Å². The molecule has 176 valence electrons. The van der Waals surface area contributed by atoms with Crippen molar-refractivity contribution in [2.75, 3.05) is 13.2 Å². The number of nitrogens with two attached hydrogens (primary N) is 1. The van der Waals surface area contributed by atoms with E-state index in [2.05, 4.69) is 0 Å². The quantitative estimate of drug-likeness (QED) is 0.695. The molecule has 4 rings (SSSR count). The number of nitrogens with zero attached hydrogens (tertiary/aromatic N) is 2. The first kappa shape index (κ1) is 23.0. The second kappa shape index (κ2) is 8.98. The summed E-state index contributed by atoms with van der Waals surface area (Å²) in [6.07, 6.45) is 7.10. The van der Waals surface area contributed by atoms with Crippen molar-refractivity contribution in [3.63, 3.8) is 0 Å². The second-order valence-electron chi connectivity index (χ2n) is 10.1. The molecule has 8 nitrogen and oxygen atoms in total. The molecule has 0 aromatic rings. The Balaban J connectivity index is 1.54. The predicted octanol–water partition coefficient (Wildman–Crippen LogP) is 1.63. The van der Waals surface area contributed by atoms with Crippen molar-refractivity contribution in [3.8, 4) is 0 Å². The first-order valence-corrected chi connectivity index (χ1v) is 13.5. The summed E-state index contributed by atoms with van der Waals surface area (Å²) < 4.78 is 29.6. The summed E-state index contributed by atoms with van der Waals surface area (Å²) in [4.78, 5) is 29.8. The van der Waals surface area contributed by atoms with Gasteiger partial charge < -0.3 is 14.5 Å². The molecule has 4 aliphatic rings. The van der Waals surface area contributed by atoms with E-state index >= 15 is 0 Å². The third kappa shape index (κ3) is 4.64. The highest BCUT2D eigenvalue weighted by atomic mass is 32.2. The van der Waals surface area contributed by atoms with Gasteiger partial charge in [-0.25, -0.2) is 13.6 Å². The van der Waals surface area contributed by atoms with Crippen LogP contribution in [-0.2, 0) is 24.3 Å². The van der Waals surface area contributed by atoms with Crippen molar-refractivity contribution in [2.45, 2.75) is 101 Å². The van der Waals surface area contributed by atoms with Gasteiger partial charge in [0.1, 0.15) is 6.10 Å². The van der Waals surface area contributed by atoms with E-state index in [0.29, 0.717) is 37.8 Å². The third-order valence-corrected chi connectivity index (χ3v) is 9.52. The minimum absolute atomic E-state index is 0.0119. The SMILES string of the molecule is CC(=O)N1C2CCC(C3CCCC(S(N)(=O)=O)C3)CC2N(C(=O)C2CCCO2)C[C@@H]1C. The normalized spacial score (nSPS) is 39.3. The van der Waals surface area contributed by atoms with E-state index in [1.54, 1.807) is 6.92 Å². The molecule has 9 heteroatoms. The number of amides is 2. The third-order valence-electron chi connectivity index (χ3n) is 8.16. The number of primary sulfonamides is 1. The van der Waals surface area contributed by atoms with E-state index in [1.165, 1.54) is 0 Å². The lowest BCUT2D eigenvalue weighted by Gasteiger charge is -2.55. The molecule has 2 aliphatic carbocycles. The smallest absolute Gasteiger partial charge is 0.252 e. The van der Waals surface area contributed by atoms with Crippen LogP contribution in [0.2, 0.25) is 0 Å². The Labute approximate surface area is 185 Å². The minimum Gasteiger partial charge on any atom is -0.368 e. The number of carbonyl (C=O) groups is 2. The molecule has 2 saturated heterocycles. The molecular weight excluding hydrogens is 418 g/mol. The predicted molar refractivity (Wildman–Crippen MR) is 116 cm³/mol. The lowest BCUT2D eigenvalue weighted by molar-refractivity contribution is -0.160. The van der Waals surface area contributed by atoms with Crippen LogP contribution in [0.4, 0.5) is 0 Å². The fourth-order valence-electron chi connectivity index (χ4n) is 6.75. The molecule has 6 unspecified atom stereocenters. The zero-order chi connectivity index (χ0) is 22.3. The highest BCUT2D eigenvalue weighted by Crippen LogP contribution is 2.43. The zero-order valence-corrected chi connectivity index (χ0v) is 19.6. The van der Waals surface area contributed by atoms with E-state index < -0.39 is 15.3 Å². The van der Waals surface area contributed by atoms with E-state index in [9.17, 15) is 18.0 Å². The van der Waals surface area contributed by atoms with Gasteiger partial charge in [-0.3, -0.25) is 9.59 Å². The number of ether oxygens (including phenoxy) is 1. The summed E-state index contributed by atoms with van der Waals surface area (Å²) >= 11 is 0. The summed E-state index contributed by atoms with van der Waals surface area (Å²) in [6.45, 7) is 4.82. The van der Waals surface area contributed by atoms with E-state index in [1.807, 2.05) is 16.7 Å². The van der Waals surface area contributed by atoms with Gasteiger partial charge in [0.15, 0.2) is 0 Å². The van der Waals surface area contributed by atoms with Crippen molar-refractivity contribution >= 4 is 21.8 Å². The van der Waals surface area contributed by atoms with Gasteiger partial charge in [0.2, 0.25) is 15.9 Å². The fourth-order valence-corrected chi connectivity index (χ4v) is 7.76. The number of carbonyl (C=O) groups excluding carboxylic acids is 2. The number of rotatable bonds is 3. The average molecular weight is 456 g/mol. The molecule has 0 spiro atoms. The molecule has 4 fully saturated rings. The maximum absolute atomic E-state index is 13.3. The van der Waals surface area contributed by atoms with E-state index in [0.717, 1.165) is 44.9 Å². The molecule has 31 heavy (non-hydrogen) atoms. The van der Waals surface area contributed by atoms with Crippen LogP contribution < -0.4 is 5.14 Å². The van der Waals surface area contributed by atoms with Crippen LogP contribution in [0.3, 0.4) is 0 Å². The van der Waals surface area contributed by atoms with E-state index in [-0.39, 0.29) is 36.0 Å². The van der Waals surface area contributed by atoms with Crippen LogP contribution in [0.5, 0.6) is 0 Å². The molecule has 0 radical (unpaired) electrons. The van der Waals surface area contributed by atoms with Crippen molar-refractivity contribution in [3.05, 3.63) is 0 Å². The highest BCUT2D eigenvalue weighted by Gasteiger charge is 2.49. The number of hydrogen-bond acceptors (Lipinski definition) is 5. The average Bonchev–Trinajstić information content (AvgIpc) is 3.26. The standard InChI is InChI=1S/C22H37N3O5S/c1-14-13-24(22(27)21-7-4-10-30-21)20-12-17(8-9-19(20)25(14)15(2)26)16-5-3-6-18(11-16)31(23,28)29/h14,16-21H,3-13H2,1-2H3,(H2,23,28,29)/t14-,16?,17?,18?,19?,20?,21?/m0/s1. The second-order valence-corrected chi connectivity index (χ2v) is 12.0. The van der Waals surface area contributed by atoms with Gasteiger partial charge in [0.25, 0.3) is 5.91 Å². The van der Waals surface area contributed by atoms with Crippen molar-refractivity contribution in [2.24, 2.45) is 17.0 Å². The Bertz CT molecular complexity index is 797. The van der Waals surface area contributed by atoms with E-state index in [4.69, 9.17) is 9.88 Å². The van der Waals surface area contributed by atoms with Crippen LogP contribution >= 0.6 is 0 Å². The molecule has 2 amide bonds. The van der Waals surface area contributed by atoms with Crippen molar-refractivity contribution in [1.82, 2.24) is 9.80 Å². The van der Waals surface area contributed by atoms with Crippen LogP contribution in [0, 0.1) is 11.8 Å². The Hall–Kier alpha value is -1.19. The molecule has 2 heterocycles. The highest BCUT2D eigenvalue weighted by molar-refractivity contribution is 7.89. The summed E-state index contributed by atoms with van der Waals surface area (Å²) in [7, 11) is -3.52. The Kier molecular flexibility index (Phi) is 6.66. The first-order chi connectivity index (χ1) is 14.7. The monoisotopic (exact) mass is 455 g/mol. The molecule has 2 N–H and O–H groups in total. The molecule has 2 saturated carbocycles. The molecular formula is C22H37N3O5S. The van der Waals surface area contributed by atoms with Crippen molar-refractivity contribution < 1.29 is 22.7 Å². The Morgan fingerprint density at radius 1 is 0.968 bits per heavy atom. The van der Waals surface area contributed by atoms with Crippen molar-refractivity contribution in [1.29, 1.82) is 0 Å². The fraction of sp³-hybridized carbons (Fsp3) is 0.909. The van der Waals surface area contributed by atoms with Crippen LogP contribution in [0.1, 0.15) is 71.6 Å². The molecule has 0 aromatic heterocycles. The number of fused-ring (bicyclic) bond motifs is 1. The van der Waals surface area contributed by atoms with Gasteiger partial charge in [-0.2, -0.15) is 0 Å². The number of sulfonamides is 1. The van der Waals surface area contributed by atoms with Gasteiger partial charge in [-0.15, -0.1) is 0 Å². The summed E-state index contributed by atoms with van der Waals surface area (Å²) in [6, 6.07) is -0.00649. The van der Waals surface area contributed by atoms with Gasteiger partial charge >= 0.3 is 0 Å². The molecule has 0 bridgehead atoms. The first-order valence-electron chi connectivity index (χ1n) is 11.9. The lowest BCUT2D eigenvalue weighted by Crippen LogP contribution is -2.68. The van der Waals surface area contributed by atoms with Crippen LogP contribution in [0.15, 0.2) is 0 Å². The maximum Gasteiger partial charge on any atom is 0.252 e. The van der Waals surface area contributed by atoms with Gasteiger partial charge in [0, 0.05) is 26.1 Å². The van der Waals surface area contributed by atoms with Gasteiger partial charge in [-0.1, -0.05) is 12.8 Å². The summed E-state index contributed by atoms with van der Waals surface area (Å²) in [5.74, 6) is 0.794. The lowest BCUT2D eigenvalue weighted by atomic mass is 9.69.